The first kappa shape index (κ1) is 20.5. The van der Waals surface area contributed by atoms with Gasteiger partial charge in [0, 0.05) is 63.7 Å². The molecule has 1 aromatic heterocycles. The number of nitrogens with zero attached hydrogens (tertiary/aromatic N) is 4. The maximum atomic E-state index is 13.5. The lowest BCUT2D eigenvalue weighted by atomic mass is 10.0. The van der Waals surface area contributed by atoms with Crippen molar-refractivity contribution in [2.45, 2.75) is 6.04 Å². The van der Waals surface area contributed by atoms with Crippen LogP contribution in [0.1, 0.15) is 22.0 Å². The van der Waals surface area contributed by atoms with E-state index >= 15 is 0 Å². The molecule has 6 heteroatoms. The molecule has 0 aliphatic carbocycles. The molecular formula is C26H29N5O. The molecule has 164 valence electrons. The maximum absolute atomic E-state index is 13.5. The number of hydrogen-bond donors (Lipinski definition) is 1. The van der Waals surface area contributed by atoms with E-state index in [1.807, 2.05) is 29.2 Å². The Balaban J connectivity index is 1.30. The summed E-state index contributed by atoms with van der Waals surface area (Å²) in [4.78, 5) is 24.7. The third-order valence-electron chi connectivity index (χ3n) is 6.38. The fourth-order valence-corrected chi connectivity index (χ4v) is 4.64. The van der Waals surface area contributed by atoms with Gasteiger partial charge in [-0.05, 0) is 29.8 Å². The van der Waals surface area contributed by atoms with Crippen LogP contribution in [-0.2, 0) is 0 Å². The molecule has 0 radical (unpaired) electrons. The smallest absolute Gasteiger partial charge is 0.257 e. The predicted octanol–water partition coefficient (Wildman–Crippen LogP) is 3.19. The van der Waals surface area contributed by atoms with Gasteiger partial charge < -0.3 is 20.0 Å². The highest BCUT2D eigenvalue weighted by Gasteiger charge is 2.28. The first-order chi connectivity index (χ1) is 15.8. The number of hydrogen-bond acceptors (Lipinski definition) is 5. The predicted molar refractivity (Wildman–Crippen MR) is 128 cm³/mol. The Bertz CT molecular complexity index is 1030. The van der Waals surface area contributed by atoms with Gasteiger partial charge in [0.25, 0.3) is 5.91 Å². The molecule has 2 aliphatic rings. The highest BCUT2D eigenvalue weighted by molar-refractivity contribution is 5.99. The van der Waals surface area contributed by atoms with Gasteiger partial charge in [-0.25, -0.2) is 4.98 Å². The minimum absolute atomic E-state index is 0.0793. The highest BCUT2D eigenvalue weighted by atomic mass is 16.2. The number of nitrogens with one attached hydrogen (secondary N) is 1. The first-order valence-electron chi connectivity index (χ1n) is 11.4. The molecule has 0 saturated carbocycles. The van der Waals surface area contributed by atoms with E-state index in [9.17, 15) is 4.79 Å². The molecule has 3 aromatic rings. The molecule has 0 unspecified atom stereocenters. The SMILES string of the molecule is O=C(c1cccnc1N1CCN[C@H](c2ccccc2)C1)N1CCN(c2ccccc2)CC1. The quantitative estimate of drug-likeness (QED) is 0.693. The number of piperazine rings is 2. The van der Waals surface area contributed by atoms with E-state index in [0.717, 1.165) is 51.6 Å². The lowest BCUT2D eigenvalue weighted by molar-refractivity contribution is 0.0747. The zero-order chi connectivity index (χ0) is 21.8. The number of carbonyl (C=O) groups excluding carboxylic acids is 1. The zero-order valence-corrected chi connectivity index (χ0v) is 18.2. The van der Waals surface area contributed by atoms with Crippen molar-refractivity contribution in [3.63, 3.8) is 0 Å². The second-order valence-electron chi connectivity index (χ2n) is 8.35. The Morgan fingerprint density at radius 3 is 2.28 bits per heavy atom. The van der Waals surface area contributed by atoms with E-state index in [-0.39, 0.29) is 11.9 Å². The zero-order valence-electron chi connectivity index (χ0n) is 18.2. The Labute approximate surface area is 189 Å². The summed E-state index contributed by atoms with van der Waals surface area (Å²) in [7, 11) is 0. The van der Waals surface area contributed by atoms with Gasteiger partial charge in [-0.15, -0.1) is 0 Å². The van der Waals surface area contributed by atoms with Crippen LogP contribution in [0, 0.1) is 0 Å². The monoisotopic (exact) mass is 427 g/mol. The van der Waals surface area contributed by atoms with Crippen LogP contribution in [-0.4, -0.2) is 61.6 Å². The number of rotatable bonds is 4. The molecule has 2 saturated heterocycles. The fraction of sp³-hybridized carbons (Fsp3) is 0.308. The molecule has 0 bridgehead atoms. The number of carbonyl (C=O) groups is 1. The minimum Gasteiger partial charge on any atom is -0.368 e. The molecule has 3 heterocycles. The average Bonchev–Trinajstić information content (AvgIpc) is 2.89. The molecule has 0 spiro atoms. The number of anilines is 2. The molecule has 32 heavy (non-hydrogen) atoms. The Kier molecular flexibility index (Phi) is 6.03. The van der Waals surface area contributed by atoms with Crippen molar-refractivity contribution in [2.24, 2.45) is 0 Å². The van der Waals surface area contributed by atoms with Crippen molar-refractivity contribution in [1.82, 2.24) is 15.2 Å². The lowest BCUT2D eigenvalue weighted by Crippen LogP contribution is -2.50. The van der Waals surface area contributed by atoms with E-state index < -0.39 is 0 Å². The molecular weight excluding hydrogens is 398 g/mol. The number of aromatic nitrogens is 1. The van der Waals surface area contributed by atoms with Crippen LogP contribution in [0.2, 0.25) is 0 Å². The summed E-state index contributed by atoms with van der Waals surface area (Å²) in [5.74, 6) is 0.876. The van der Waals surface area contributed by atoms with Gasteiger partial charge in [0.2, 0.25) is 0 Å². The van der Waals surface area contributed by atoms with E-state index in [0.29, 0.717) is 5.56 Å². The van der Waals surface area contributed by atoms with Crippen LogP contribution in [0.5, 0.6) is 0 Å². The fourth-order valence-electron chi connectivity index (χ4n) is 4.64. The van der Waals surface area contributed by atoms with E-state index in [1.165, 1.54) is 11.3 Å². The third kappa shape index (κ3) is 4.32. The Morgan fingerprint density at radius 1 is 0.812 bits per heavy atom. The summed E-state index contributed by atoms with van der Waals surface area (Å²) in [6.45, 7) is 5.61. The molecule has 2 aromatic carbocycles. The average molecular weight is 428 g/mol. The molecule has 6 nitrogen and oxygen atoms in total. The molecule has 2 aliphatic heterocycles. The van der Waals surface area contributed by atoms with Gasteiger partial charge >= 0.3 is 0 Å². The van der Waals surface area contributed by atoms with E-state index in [1.54, 1.807) is 6.20 Å². The van der Waals surface area contributed by atoms with Crippen molar-refractivity contribution in [1.29, 1.82) is 0 Å². The van der Waals surface area contributed by atoms with Crippen LogP contribution in [0.3, 0.4) is 0 Å². The second kappa shape index (κ2) is 9.40. The van der Waals surface area contributed by atoms with Crippen molar-refractivity contribution < 1.29 is 4.79 Å². The van der Waals surface area contributed by atoms with Crippen molar-refractivity contribution >= 4 is 17.4 Å². The molecule has 1 amide bonds. The van der Waals surface area contributed by atoms with Crippen LogP contribution >= 0.6 is 0 Å². The van der Waals surface area contributed by atoms with Crippen LogP contribution in [0.4, 0.5) is 11.5 Å². The second-order valence-corrected chi connectivity index (χ2v) is 8.35. The normalized spacial score (nSPS) is 19.1. The summed E-state index contributed by atoms with van der Waals surface area (Å²) in [5, 5.41) is 3.60. The summed E-state index contributed by atoms with van der Waals surface area (Å²) in [5.41, 5.74) is 3.18. The topological polar surface area (TPSA) is 51.7 Å². The Hall–Kier alpha value is -3.38. The third-order valence-corrected chi connectivity index (χ3v) is 6.38. The molecule has 1 N–H and O–H groups in total. The lowest BCUT2D eigenvalue weighted by Gasteiger charge is -2.38. The molecule has 5 rings (SSSR count). The van der Waals surface area contributed by atoms with Crippen molar-refractivity contribution in [3.05, 3.63) is 90.1 Å². The van der Waals surface area contributed by atoms with Gasteiger partial charge in [-0.1, -0.05) is 48.5 Å². The van der Waals surface area contributed by atoms with Gasteiger partial charge in [0.05, 0.1) is 5.56 Å². The van der Waals surface area contributed by atoms with Gasteiger partial charge in [-0.2, -0.15) is 0 Å². The van der Waals surface area contributed by atoms with Gasteiger partial charge in [0.15, 0.2) is 0 Å². The van der Waals surface area contributed by atoms with Crippen LogP contribution < -0.4 is 15.1 Å². The van der Waals surface area contributed by atoms with Crippen LogP contribution in [0.25, 0.3) is 0 Å². The Morgan fingerprint density at radius 2 is 1.53 bits per heavy atom. The number of amides is 1. The van der Waals surface area contributed by atoms with E-state index in [2.05, 4.69) is 68.6 Å². The molecule has 1 atom stereocenters. The van der Waals surface area contributed by atoms with Crippen LogP contribution in [0.15, 0.2) is 79.0 Å². The highest BCUT2D eigenvalue weighted by Crippen LogP contribution is 2.25. The summed E-state index contributed by atoms with van der Waals surface area (Å²) >= 11 is 0. The number of benzene rings is 2. The largest absolute Gasteiger partial charge is 0.368 e. The van der Waals surface area contributed by atoms with Crippen molar-refractivity contribution in [3.8, 4) is 0 Å². The van der Waals surface area contributed by atoms with Gasteiger partial charge in [-0.3, -0.25) is 4.79 Å². The van der Waals surface area contributed by atoms with Crippen molar-refractivity contribution in [2.75, 3.05) is 55.6 Å². The summed E-state index contributed by atoms with van der Waals surface area (Å²) in [6.07, 6.45) is 1.79. The number of pyridine rings is 1. The van der Waals surface area contributed by atoms with Gasteiger partial charge in [0.1, 0.15) is 5.82 Å². The maximum Gasteiger partial charge on any atom is 0.257 e. The minimum atomic E-state index is 0.0793. The van der Waals surface area contributed by atoms with E-state index in [4.69, 9.17) is 0 Å². The standard InChI is InChI=1S/C26H29N5O/c32-26(30-18-16-29(17-19-30)22-10-5-2-6-11-22)23-12-7-13-28-25(23)31-15-14-27-24(20-31)21-8-3-1-4-9-21/h1-13,24,27H,14-20H2/t24-/m0/s1. The number of para-hydroxylation sites is 1. The molecule has 2 fully saturated rings. The summed E-state index contributed by atoms with van der Waals surface area (Å²) < 4.78 is 0. The first-order valence-corrected chi connectivity index (χ1v) is 11.4. The summed E-state index contributed by atoms with van der Waals surface area (Å²) in [6, 6.07) is 24.9.